The van der Waals surface area contributed by atoms with Gasteiger partial charge in [-0.2, -0.15) is 0 Å². The highest BCUT2D eigenvalue weighted by molar-refractivity contribution is 5.84. The van der Waals surface area contributed by atoms with Gasteiger partial charge in [-0.25, -0.2) is 0 Å². The fourth-order valence-electron chi connectivity index (χ4n) is 4.11. The minimum absolute atomic E-state index is 0.215. The topological polar surface area (TPSA) is 59.3 Å². The predicted octanol–water partition coefficient (Wildman–Crippen LogP) is 4.52. The molecule has 0 amide bonds. The van der Waals surface area contributed by atoms with Gasteiger partial charge in [-0.15, -0.1) is 0 Å². The Morgan fingerprint density at radius 3 is 3.00 bits per heavy atom. The smallest absolute Gasteiger partial charge is 0.272 e. The molecule has 4 rings (SSSR count). The van der Waals surface area contributed by atoms with Crippen LogP contribution in [0, 0.1) is 23.0 Å². The van der Waals surface area contributed by atoms with Crippen LogP contribution in [0.15, 0.2) is 54.9 Å². The van der Waals surface area contributed by atoms with Crippen LogP contribution in [-0.2, 0) is 13.0 Å². The Morgan fingerprint density at radius 1 is 1.26 bits per heavy atom. The lowest BCUT2D eigenvalue weighted by Crippen LogP contribution is -2.20. The Balaban J connectivity index is 1.43. The number of pyridine rings is 1. The highest BCUT2D eigenvalue weighted by Crippen LogP contribution is 2.27. The second kappa shape index (κ2) is 7.45. The van der Waals surface area contributed by atoms with E-state index in [0.717, 1.165) is 38.0 Å². The van der Waals surface area contributed by atoms with E-state index in [4.69, 9.17) is 0 Å². The molecule has 2 aromatic carbocycles. The van der Waals surface area contributed by atoms with Gasteiger partial charge in [-0.1, -0.05) is 30.3 Å². The summed E-state index contributed by atoms with van der Waals surface area (Å²) >= 11 is 0. The van der Waals surface area contributed by atoms with Crippen molar-refractivity contribution in [1.82, 2.24) is 9.88 Å². The first-order valence-corrected chi connectivity index (χ1v) is 9.38. The lowest BCUT2D eigenvalue weighted by molar-refractivity contribution is -0.385. The van der Waals surface area contributed by atoms with E-state index in [0.29, 0.717) is 11.5 Å². The van der Waals surface area contributed by atoms with E-state index in [1.54, 1.807) is 13.0 Å². The van der Waals surface area contributed by atoms with Crippen LogP contribution in [0.2, 0.25) is 0 Å². The van der Waals surface area contributed by atoms with Crippen molar-refractivity contribution in [1.29, 1.82) is 0 Å². The minimum Gasteiger partial charge on any atom is -0.299 e. The molecule has 1 aliphatic heterocycles. The third kappa shape index (κ3) is 3.83. The molecule has 3 aromatic rings. The fourth-order valence-corrected chi connectivity index (χ4v) is 4.11. The van der Waals surface area contributed by atoms with Crippen molar-refractivity contribution in [2.75, 3.05) is 13.1 Å². The maximum absolute atomic E-state index is 11.2. The zero-order valence-corrected chi connectivity index (χ0v) is 15.5. The molecule has 5 heteroatoms. The van der Waals surface area contributed by atoms with E-state index in [1.165, 1.54) is 16.3 Å². The van der Waals surface area contributed by atoms with Gasteiger partial charge < -0.3 is 0 Å². The normalized spacial score (nSPS) is 17.4. The zero-order valence-electron chi connectivity index (χ0n) is 15.5. The van der Waals surface area contributed by atoms with Crippen LogP contribution < -0.4 is 0 Å². The monoisotopic (exact) mass is 361 g/mol. The second-order valence-electron chi connectivity index (χ2n) is 7.49. The quantitative estimate of drug-likeness (QED) is 0.495. The Morgan fingerprint density at radius 2 is 2.15 bits per heavy atom. The van der Waals surface area contributed by atoms with Gasteiger partial charge >= 0.3 is 0 Å². The van der Waals surface area contributed by atoms with Crippen LogP contribution >= 0.6 is 0 Å². The molecule has 5 nitrogen and oxygen atoms in total. The lowest BCUT2D eigenvalue weighted by atomic mass is 9.95. The number of nitrogens with zero attached hydrogens (tertiary/aromatic N) is 3. The Labute approximate surface area is 158 Å². The van der Waals surface area contributed by atoms with Gasteiger partial charge in [-0.05, 0) is 54.8 Å². The van der Waals surface area contributed by atoms with Gasteiger partial charge in [-0.3, -0.25) is 20.0 Å². The maximum Gasteiger partial charge on any atom is 0.272 e. The molecule has 1 fully saturated rings. The Bertz CT molecular complexity index is 981. The molecule has 0 aliphatic carbocycles. The summed E-state index contributed by atoms with van der Waals surface area (Å²) < 4.78 is 0. The van der Waals surface area contributed by atoms with Crippen molar-refractivity contribution in [3.05, 3.63) is 81.7 Å². The summed E-state index contributed by atoms with van der Waals surface area (Å²) in [4.78, 5) is 17.5. The van der Waals surface area contributed by atoms with Gasteiger partial charge in [0.1, 0.15) is 0 Å². The SMILES string of the molecule is Cc1ccc(CN2CCC(Cc3cccc4cnccc34)C2)cc1[N+](=O)[O-]. The Kier molecular flexibility index (Phi) is 4.86. The number of benzene rings is 2. The van der Waals surface area contributed by atoms with E-state index in [1.807, 2.05) is 24.5 Å². The van der Waals surface area contributed by atoms with Crippen molar-refractivity contribution in [3.8, 4) is 0 Å². The first-order chi connectivity index (χ1) is 13.1. The van der Waals surface area contributed by atoms with Gasteiger partial charge in [0.2, 0.25) is 0 Å². The summed E-state index contributed by atoms with van der Waals surface area (Å²) in [5.74, 6) is 0.615. The molecule has 0 N–H and O–H groups in total. The third-order valence-electron chi connectivity index (χ3n) is 5.53. The number of hydrogen-bond donors (Lipinski definition) is 0. The predicted molar refractivity (Wildman–Crippen MR) is 107 cm³/mol. The molecule has 1 aromatic heterocycles. The first kappa shape index (κ1) is 17.6. The molecule has 0 bridgehead atoms. The maximum atomic E-state index is 11.2. The number of nitro groups is 1. The van der Waals surface area contributed by atoms with Crippen molar-refractivity contribution < 1.29 is 4.92 Å². The lowest BCUT2D eigenvalue weighted by Gasteiger charge is -2.17. The van der Waals surface area contributed by atoms with E-state index in [9.17, 15) is 10.1 Å². The molecular weight excluding hydrogens is 338 g/mol. The molecule has 0 radical (unpaired) electrons. The molecule has 0 saturated carbocycles. The standard InChI is InChI=1S/C22H23N3O2/c1-16-5-6-17(12-22(16)25(26)27)14-24-10-8-18(15-24)11-19-3-2-4-20-13-23-9-7-21(19)20/h2-7,9,12-13,18H,8,10-11,14-15H2,1H3. The molecule has 27 heavy (non-hydrogen) atoms. The summed E-state index contributed by atoms with van der Waals surface area (Å²) in [5, 5.41) is 13.6. The van der Waals surface area contributed by atoms with Crippen LogP contribution in [0.4, 0.5) is 5.69 Å². The summed E-state index contributed by atoms with van der Waals surface area (Å²) in [6.45, 7) is 4.63. The number of rotatable bonds is 5. The Hall–Kier alpha value is -2.79. The molecular formula is C22H23N3O2. The molecule has 1 atom stereocenters. The van der Waals surface area contributed by atoms with Crippen LogP contribution in [0.1, 0.15) is 23.1 Å². The van der Waals surface area contributed by atoms with Crippen LogP contribution in [-0.4, -0.2) is 27.9 Å². The molecule has 138 valence electrons. The average Bonchev–Trinajstić information content (AvgIpc) is 3.10. The van der Waals surface area contributed by atoms with Crippen LogP contribution in [0.3, 0.4) is 0 Å². The van der Waals surface area contributed by atoms with Crippen molar-refractivity contribution in [2.24, 2.45) is 5.92 Å². The largest absolute Gasteiger partial charge is 0.299 e. The molecule has 0 spiro atoms. The number of aryl methyl sites for hydroxylation is 1. The molecule has 2 heterocycles. The second-order valence-corrected chi connectivity index (χ2v) is 7.49. The molecule has 1 aliphatic rings. The summed E-state index contributed by atoms with van der Waals surface area (Å²) in [5.41, 5.74) is 3.33. The molecule has 1 saturated heterocycles. The van der Waals surface area contributed by atoms with Crippen molar-refractivity contribution in [3.63, 3.8) is 0 Å². The van der Waals surface area contributed by atoms with Crippen molar-refractivity contribution >= 4 is 16.5 Å². The number of fused-ring (bicyclic) bond motifs is 1. The van der Waals surface area contributed by atoms with Gasteiger partial charge in [0.05, 0.1) is 4.92 Å². The summed E-state index contributed by atoms with van der Waals surface area (Å²) in [6, 6.07) is 14.1. The van der Waals surface area contributed by atoms with Crippen LogP contribution in [0.5, 0.6) is 0 Å². The number of aromatic nitrogens is 1. The number of likely N-dealkylation sites (tertiary alicyclic amines) is 1. The highest BCUT2D eigenvalue weighted by Gasteiger charge is 2.24. The molecule has 1 unspecified atom stereocenters. The summed E-state index contributed by atoms with van der Waals surface area (Å²) in [6.07, 6.45) is 6.00. The highest BCUT2D eigenvalue weighted by atomic mass is 16.6. The van der Waals surface area contributed by atoms with Gasteiger partial charge in [0.25, 0.3) is 5.69 Å². The van der Waals surface area contributed by atoms with Crippen LogP contribution in [0.25, 0.3) is 10.8 Å². The van der Waals surface area contributed by atoms with E-state index in [-0.39, 0.29) is 10.6 Å². The first-order valence-electron chi connectivity index (χ1n) is 9.38. The zero-order chi connectivity index (χ0) is 18.8. The van der Waals surface area contributed by atoms with E-state index in [2.05, 4.69) is 34.1 Å². The average molecular weight is 361 g/mol. The van der Waals surface area contributed by atoms with Gasteiger partial charge in [0.15, 0.2) is 0 Å². The van der Waals surface area contributed by atoms with Gasteiger partial charge in [0, 0.05) is 42.5 Å². The summed E-state index contributed by atoms with van der Waals surface area (Å²) in [7, 11) is 0. The number of hydrogen-bond acceptors (Lipinski definition) is 4. The fraction of sp³-hybridized carbons (Fsp3) is 0.318. The minimum atomic E-state index is -0.291. The van der Waals surface area contributed by atoms with Crippen molar-refractivity contribution in [2.45, 2.75) is 26.3 Å². The number of nitro benzene ring substituents is 1. The third-order valence-corrected chi connectivity index (χ3v) is 5.53. The van der Waals surface area contributed by atoms with E-state index < -0.39 is 0 Å². The van der Waals surface area contributed by atoms with E-state index >= 15 is 0 Å².